The van der Waals surface area contributed by atoms with Crippen LogP contribution >= 0.6 is 22.9 Å². The number of benzene rings is 2. The number of hydrogen-bond donors (Lipinski definition) is 1. The molecule has 1 amide bonds. The van der Waals surface area contributed by atoms with Crippen LogP contribution in [-0.4, -0.2) is 35.4 Å². The van der Waals surface area contributed by atoms with Gasteiger partial charge in [0.15, 0.2) is 6.61 Å². The van der Waals surface area contributed by atoms with Crippen LogP contribution in [0.15, 0.2) is 51.9 Å². The van der Waals surface area contributed by atoms with Gasteiger partial charge in [0.25, 0.3) is 11.6 Å². The monoisotopic (exact) mass is 443 g/mol. The molecule has 3 aromatic rings. The number of nitrogens with zero attached hydrogens (tertiary/aromatic N) is 4. The number of fused-ring (bicyclic) bond motifs is 1. The third-order valence-electron chi connectivity index (χ3n) is 4.27. The van der Waals surface area contributed by atoms with Gasteiger partial charge in [-0.05, 0) is 24.3 Å². The number of rotatable bonds is 4. The molecule has 0 fully saturated rings. The number of hydrogen-bond acceptors (Lipinski definition) is 7. The lowest BCUT2D eigenvalue weighted by atomic mass is 10.1. The van der Waals surface area contributed by atoms with Crippen molar-refractivity contribution in [3.8, 4) is 17.0 Å². The zero-order chi connectivity index (χ0) is 21.3. The highest BCUT2D eigenvalue weighted by molar-refractivity contribution is 7.07. The summed E-state index contributed by atoms with van der Waals surface area (Å²) in [6.45, 7) is -0.0127. The van der Waals surface area contributed by atoms with Crippen molar-refractivity contribution in [2.24, 2.45) is 10.1 Å². The summed E-state index contributed by atoms with van der Waals surface area (Å²) in [5.74, 6) is 0.377. The highest BCUT2D eigenvalue weighted by Crippen LogP contribution is 2.33. The van der Waals surface area contributed by atoms with Gasteiger partial charge in [0.1, 0.15) is 10.8 Å². The first-order valence-electron chi connectivity index (χ1n) is 8.65. The van der Waals surface area contributed by atoms with Crippen molar-refractivity contribution in [1.29, 1.82) is 0 Å². The summed E-state index contributed by atoms with van der Waals surface area (Å²) < 4.78 is 7.02. The van der Waals surface area contributed by atoms with E-state index < -0.39 is 4.92 Å². The lowest BCUT2D eigenvalue weighted by Gasteiger charge is -2.18. The first-order valence-corrected chi connectivity index (χ1v) is 9.91. The number of anilines is 1. The minimum absolute atomic E-state index is 0.0127. The van der Waals surface area contributed by atoms with Gasteiger partial charge in [-0.25, -0.2) is 4.68 Å². The summed E-state index contributed by atoms with van der Waals surface area (Å²) in [5.41, 5.74) is 2.44. The van der Waals surface area contributed by atoms with E-state index in [0.717, 1.165) is 11.3 Å². The minimum Gasteiger partial charge on any atom is -0.482 e. The van der Waals surface area contributed by atoms with Crippen molar-refractivity contribution in [2.45, 2.75) is 0 Å². The van der Waals surface area contributed by atoms with Crippen LogP contribution in [0.2, 0.25) is 5.02 Å². The third kappa shape index (κ3) is 3.82. The Bertz CT molecular complexity index is 1260. The Morgan fingerprint density at radius 1 is 1.33 bits per heavy atom. The third-order valence-corrected chi connectivity index (χ3v) is 5.50. The molecule has 1 aliphatic heterocycles. The quantitative estimate of drug-likeness (QED) is 0.377. The molecule has 2 heterocycles. The average molecular weight is 444 g/mol. The Kier molecular flexibility index (Phi) is 5.34. The summed E-state index contributed by atoms with van der Waals surface area (Å²) in [6.07, 6.45) is 1.50. The minimum atomic E-state index is -0.543. The molecule has 0 unspecified atom stereocenters. The Labute approximate surface area is 179 Å². The summed E-state index contributed by atoms with van der Waals surface area (Å²) in [4.78, 5) is 27.0. The molecule has 1 N–H and O–H groups in total. The van der Waals surface area contributed by atoms with Crippen LogP contribution in [0.25, 0.3) is 11.3 Å². The first kappa shape index (κ1) is 19.8. The number of thiazole rings is 1. The van der Waals surface area contributed by atoms with Crippen molar-refractivity contribution in [3.63, 3.8) is 0 Å². The van der Waals surface area contributed by atoms with E-state index in [9.17, 15) is 14.9 Å². The molecular weight excluding hydrogens is 430 g/mol. The van der Waals surface area contributed by atoms with Crippen LogP contribution in [0.3, 0.4) is 0 Å². The van der Waals surface area contributed by atoms with E-state index in [4.69, 9.17) is 16.3 Å². The fourth-order valence-electron chi connectivity index (χ4n) is 2.88. The smallest absolute Gasteiger partial charge is 0.288 e. The summed E-state index contributed by atoms with van der Waals surface area (Å²) >= 11 is 7.26. The second kappa shape index (κ2) is 8.09. The maximum absolute atomic E-state index is 11.6. The molecule has 0 bridgehead atoms. The molecule has 0 saturated carbocycles. The molecule has 1 aromatic heterocycles. The zero-order valence-corrected chi connectivity index (χ0v) is 17.1. The van der Waals surface area contributed by atoms with Gasteiger partial charge in [0.05, 0.1) is 22.5 Å². The topological polar surface area (TPSA) is 111 Å². The van der Waals surface area contributed by atoms with Crippen LogP contribution in [0.1, 0.15) is 5.56 Å². The van der Waals surface area contributed by atoms with E-state index in [0.29, 0.717) is 21.8 Å². The number of nitrogens with one attached hydrogen (secondary N) is 1. The number of halogens is 1. The Morgan fingerprint density at radius 2 is 2.17 bits per heavy atom. The Balaban J connectivity index is 1.74. The van der Waals surface area contributed by atoms with Gasteiger partial charge in [-0.15, -0.1) is 11.3 Å². The van der Waals surface area contributed by atoms with Gasteiger partial charge in [0.2, 0.25) is 4.80 Å². The van der Waals surface area contributed by atoms with Gasteiger partial charge in [0, 0.05) is 29.6 Å². The van der Waals surface area contributed by atoms with E-state index in [1.54, 1.807) is 29.9 Å². The normalized spacial score (nSPS) is 13.8. The molecule has 9 nitrogen and oxygen atoms in total. The summed E-state index contributed by atoms with van der Waals surface area (Å²) in [6, 6.07) is 9.88. The highest BCUT2D eigenvalue weighted by atomic mass is 35.5. The van der Waals surface area contributed by atoms with Crippen LogP contribution in [0.5, 0.6) is 5.75 Å². The van der Waals surface area contributed by atoms with E-state index in [2.05, 4.69) is 15.4 Å². The predicted molar refractivity (Wildman–Crippen MR) is 114 cm³/mol. The Morgan fingerprint density at radius 3 is 2.93 bits per heavy atom. The van der Waals surface area contributed by atoms with Crippen LogP contribution in [-0.2, 0) is 4.79 Å². The summed E-state index contributed by atoms with van der Waals surface area (Å²) in [7, 11) is 1.65. The lowest BCUT2D eigenvalue weighted by Crippen LogP contribution is -2.25. The second-order valence-electron chi connectivity index (χ2n) is 6.20. The number of nitro benzene ring substituents is 1. The van der Waals surface area contributed by atoms with E-state index in [1.165, 1.54) is 29.7 Å². The molecule has 30 heavy (non-hydrogen) atoms. The number of ether oxygens (including phenoxy) is 1. The Hall–Kier alpha value is -3.50. The molecule has 1 aliphatic rings. The van der Waals surface area contributed by atoms with E-state index in [1.807, 2.05) is 11.4 Å². The van der Waals surface area contributed by atoms with Gasteiger partial charge < -0.3 is 10.1 Å². The molecular formula is C19H14ClN5O4S. The highest BCUT2D eigenvalue weighted by Gasteiger charge is 2.18. The fourth-order valence-corrected chi connectivity index (χ4v) is 3.87. The molecule has 0 saturated heterocycles. The summed E-state index contributed by atoms with van der Waals surface area (Å²) in [5, 5.41) is 20.3. The lowest BCUT2D eigenvalue weighted by molar-refractivity contribution is -0.384. The maximum atomic E-state index is 11.6. The first-order chi connectivity index (χ1) is 14.5. The van der Waals surface area contributed by atoms with E-state index >= 15 is 0 Å². The molecule has 2 aromatic carbocycles. The van der Waals surface area contributed by atoms with Crippen LogP contribution < -0.4 is 14.9 Å². The van der Waals surface area contributed by atoms with E-state index in [-0.39, 0.29) is 23.2 Å². The molecule has 152 valence electrons. The van der Waals surface area contributed by atoms with Gasteiger partial charge in [-0.3, -0.25) is 19.9 Å². The van der Waals surface area contributed by atoms with Crippen molar-refractivity contribution in [3.05, 3.63) is 67.3 Å². The average Bonchev–Trinajstić information content (AvgIpc) is 3.15. The second-order valence-corrected chi connectivity index (χ2v) is 7.44. The van der Waals surface area contributed by atoms with Crippen LogP contribution in [0, 0.1) is 10.1 Å². The molecule has 0 atom stereocenters. The molecule has 0 spiro atoms. The number of nitro groups is 1. The number of carbonyl (C=O) groups is 1. The van der Waals surface area contributed by atoms with Crippen molar-refractivity contribution >= 4 is 46.4 Å². The number of aromatic nitrogens is 1. The molecule has 0 aliphatic carbocycles. The number of carbonyl (C=O) groups excluding carboxylic acids is 1. The maximum Gasteiger partial charge on any atom is 0.288 e. The molecule has 11 heteroatoms. The predicted octanol–water partition coefficient (Wildman–Crippen LogP) is 3.52. The van der Waals surface area contributed by atoms with Crippen LogP contribution in [0.4, 0.5) is 11.4 Å². The van der Waals surface area contributed by atoms with Crippen molar-refractivity contribution in [2.75, 3.05) is 19.0 Å². The molecule has 0 radical (unpaired) electrons. The van der Waals surface area contributed by atoms with Gasteiger partial charge in [-0.2, -0.15) is 5.10 Å². The van der Waals surface area contributed by atoms with Crippen molar-refractivity contribution in [1.82, 2.24) is 4.68 Å². The zero-order valence-electron chi connectivity index (χ0n) is 15.5. The SMILES string of the molecule is CN=c1scc(-c2ccc3c(c2)NC(=O)CO3)n1N=Cc1ccc(Cl)c([N+](=O)[O-])c1. The van der Waals surface area contributed by atoms with Gasteiger partial charge in [-0.1, -0.05) is 17.7 Å². The largest absolute Gasteiger partial charge is 0.482 e. The number of amides is 1. The molecule has 4 rings (SSSR count). The fraction of sp³-hybridized carbons (Fsp3) is 0.105. The standard InChI is InChI=1S/C19H14ClN5O4S/c1-21-19-24(22-8-11-2-4-13(20)15(6-11)25(27)28)16(10-30-19)12-3-5-17-14(7-12)23-18(26)9-29-17/h2-8,10H,9H2,1H3,(H,23,26). The van der Waals surface area contributed by atoms with Gasteiger partial charge >= 0.3 is 0 Å². The van der Waals surface area contributed by atoms with Crippen molar-refractivity contribution < 1.29 is 14.5 Å².